The van der Waals surface area contributed by atoms with Gasteiger partial charge in [0.25, 0.3) is 5.91 Å². The molecule has 7 rings (SSSR count). The van der Waals surface area contributed by atoms with Crippen molar-refractivity contribution in [3.8, 4) is 0 Å². The van der Waals surface area contributed by atoms with Gasteiger partial charge in [0, 0.05) is 17.0 Å². The van der Waals surface area contributed by atoms with Crippen molar-refractivity contribution in [2.24, 2.45) is 5.92 Å². The highest BCUT2D eigenvalue weighted by Crippen LogP contribution is 2.49. The molecule has 0 unspecified atom stereocenters. The number of sulfonamides is 1. The van der Waals surface area contributed by atoms with Gasteiger partial charge < -0.3 is 14.1 Å². The molecular weight excluding hydrogens is 666 g/mol. The van der Waals surface area contributed by atoms with Crippen LogP contribution in [0.3, 0.4) is 0 Å². The number of amides is 1. The zero-order valence-corrected chi connectivity index (χ0v) is 27.8. The fraction of sp³-hybridized carbons (Fsp3) is 0.382. The predicted molar refractivity (Wildman–Crippen MR) is 175 cm³/mol. The van der Waals surface area contributed by atoms with E-state index in [1.165, 1.54) is 22.5 Å². The Morgan fingerprint density at radius 2 is 1.70 bits per heavy atom. The number of aromatic nitrogens is 2. The van der Waals surface area contributed by atoms with Crippen LogP contribution in [0.1, 0.15) is 60.7 Å². The van der Waals surface area contributed by atoms with Crippen molar-refractivity contribution in [3.63, 3.8) is 0 Å². The molecule has 2 aliphatic carbocycles. The average molecular weight is 700 g/mol. The predicted octanol–water partition coefficient (Wildman–Crippen LogP) is 6.85. The van der Waals surface area contributed by atoms with Crippen LogP contribution in [0.2, 0.25) is 10.0 Å². The zero-order valence-electron chi connectivity index (χ0n) is 25.5. The second-order valence-electron chi connectivity index (χ2n) is 12.4. The van der Waals surface area contributed by atoms with E-state index < -0.39 is 45.4 Å². The van der Waals surface area contributed by atoms with E-state index in [4.69, 9.17) is 32.4 Å². The molecule has 1 amide bonds. The fourth-order valence-corrected chi connectivity index (χ4v) is 8.64. The van der Waals surface area contributed by atoms with Crippen LogP contribution in [0.25, 0.3) is 0 Å². The molecule has 0 bridgehead atoms. The Morgan fingerprint density at radius 1 is 0.957 bits per heavy atom. The summed E-state index contributed by atoms with van der Waals surface area (Å²) in [5, 5.41) is 8.46. The van der Waals surface area contributed by atoms with Gasteiger partial charge in [0.15, 0.2) is 0 Å². The molecule has 0 spiro atoms. The van der Waals surface area contributed by atoms with Crippen LogP contribution in [0, 0.1) is 18.7 Å². The Morgan fingerprint density at radius 3 is 2.34 bits per heavy atom. The van der Waals surface area contributed by atoms with Gasteiger partial charge in [-0.2, -0.15) is 0 Å². The summed E-state index contributed by atoms with van der Waals surface area (Å²) in [5.74, 6) is -0.430. The highest BCUT2D eigenvalue weighted by Gasteiger charge is 2.52. The largest absolute Gasteiger partial charge is 0.425 e. The highest BCUT2D eigenvalue weighted by atomic mass is 35.5. The lowest BCUT2D eigenvalue weighted by Gasteiger charge is -2.49. The molecule has 3 aliphatic rings. The van der Waals surface area contributed by atoms with E-state index in [9.17, 15) is 13.2 Å². The van der Waals surface area contributed by atoms with Crippen LogP contribution < -0.4 is 4.31 Å². The summed E-state index contributed by atoms with van der Waals surface area (Å²) in [6, 6.07) is 19.0. The third-order valence-electron chi connectivity index (χ3n) is 8.99. The molecule has 3 fully saturated rings. The van der Waals surface area contributed by atoms with Crippen LogP contribution in [0.5, 0.6) is 0 Å². The number of carbonyl (C=O) groups is 1. The smallest absolute Gasteiger partial charge is 0.253 e. The van der Waals surface area contributed by atoms with Crippen LogP contribution in [0.4, 0.5) is 10.1 Å². The summed E-state index contributed by atoms with van der Waals surface area (Å²) in [6.45, 7) is 1.55. The molecule has 2 heterocycles. The Hall–Kier alpha value is -3.51. The first kappa shape index (κ1) is 32.1. The minimum atomic E-state index is -3.92. The van der Waals surface area contributed by atoms with Crippen LogP contribution in [-0.2, 0) is 26.0 Å². The minimum Gasteiger partial charge on any atom is -0.425 e. The standard InChI is InChI=1S/C34H33Cl2FN4O5S/c1-20-38-39-31(45-20)18-30-34(42)41(32(22-11-13-24(35)14-12-22)33(46-30)23-5-4-6-25(36)17-23)29(21-9-10-21)19-40(47(43,44)26-15-16-26)28-8-3-2-7-27(28)37/h2-8,11-14,17,21,26,29-30,32-33H,9-10,15-16,18-19H2,1H3/t29-,30+,32+,33+/m0/s1. The number of ether oxygens (including phenoxy) is 1. The van der Waals surface area contributed by atoms with E-state index in [1.54, 1.807) is 42.2 Å². The number of rotatable bonds is 11. The summed E-state index contributed by atoms with van der Waals surface area (Å²) in [7, 11) is -3.92. The van der Waals surface area contributed by atoms with Gasteiger partial charge in [-0.15, -0.1) is 10.2 Å². The van der Waals surface area contributed by atoms with Gasteiger partial charge in [-0.1, -0.05) is 59.6 Å². The monoisotopic (exact) mass is 698 g/mol. The Kier molecular flexibility index (Phi) is 8.75. The van der Waals surface area contributed by atoms with Gasteiger partial charge in [-0.25, -0.2) is 12.8 Å². The van der Waals surface area contributed by atoms with Gasteiger partial charge >= 0.3 is 0 Å². The molecule has 246 valence electrons. The first-order valence-electron chi connectivity index (χ1n) is 15.6. The topological polar surface area (TPSA) is 106 Å². The Bertz CT molecular complexity index is 1880. The van der Waals surface area contributed by atoms with Crippen LogP contribution in [-0.4, -0.2) is 53.4 Å². The lowest BCUT2D eigenvalue weighted by atomic mass is 9.89. The summed E-state index contributed by atoms with van der Waals surface area (Å²) in [5.41, 5.74) is 1.44. The van der Waals surface area contributed by atoms with E-state index in [1.807, 2.05) is 24.3 Å². The average Bonchev–Trinajstić information content (AvgIpc) is 3.98. The summed E-state index contributed by atoms with van der Waals surface area (Å²) < 4.78 is 56.9. The molecular formula is C34H33Cl2FN4O5S. The van der Waals surface area contributed by atoms with Crippen molar-refractivity contribution in [2.45, 2.75) is 68.6 Å². The molecule has 4 aromatic rings. The quantitative estimate of drug-likeness (QED) is 0.169. The number of morpholine rings is 1. The van der Waals surface area contributed by atoms with E-state index in [0.29, 0.717) is 28.8 Å². The van der Waals surface area contributed by atoms with Gasteiger partial charge in [0.1, 0.15) is 18.0 Å². The maximum Gasteiger partial charge on any atom is 0.253 e. The van der Waals surface area contributed by atoms with Gasteiger partial charge in [0.05, 0.1) is 36.0 Å². The normalized spacial score (nSPS) is 22.3. The fourth-order valence-electron chi connectivity index (χ4n) is 6.44. The van der Waals surface area contributed by atoms with Gasteiger partial charge in [0.2, 0.25) is 21.8 Å². The molecule has 9 nitrogen and oxygen atoms in total. The van der Waals surface area contributed by atoms with Crippen molar-refractivity contribution in [1.29, 1.82) is 0 Å². The Labute approximate surface area is 282 Å². The second-order valence-corrected chi connectivity index (χ2v) is 15.4. The molecule has 3 aromatic carbocycles. The third kappa shape index (κ3) is 6.63. The molecule has 47 heavy (non-hydrogen) atoms. The number of carbonyl (C=O) groups excluding carboxylic acids is 1. The molecule has 13 heteroatoms. The number of aryl methyl sites for hydroxylation is 1. The molecule has 1 aromatic heterocycles. The Balaban J connectivity index is 1.37. The van der Waals surface area contributed by atoms with E-state index in [-0.39, 0.29) is 36.4 Å². The minimum absolute atomic E-state index is 0.00929. The zero-order chi connectivity index (χ0) is 32.9. The number of hydrogen-bond donors (Lipinski definition) is 0. The van der Waals surface area contributed by atoms with Crippen LogP contribution in [0.15, 0.2) is 77.2 Å². The molecule has 1 saturated heterocycles. The van der Waals surface area contributed by atoms with Crippen molar-refractivity contribution in [1.82, 2.24) is 15.1 Å². The van der Waals surface area contributed by atoms with E-state index in [0.717, 1.165) is 24.0 Å². The molecule has 0 radical (unpaired) electrons. The number of nitrogens with zero attached hydrogens (tertiary/aromatic N) is 4. The van der Waals surface area contributed by atoms with E-state index >= 15 is 4.39 Å². The first-order chi connectivity index (χ1) is 22.6. The summed E-state index contributed by atoms with van der Waals surface area (Å²) in [6.07, 6.45) is 0.839. The van der Waals surface area contributed by atoms with Crippen molar-refractivity contribution < 1.29 is 26.8 Å². The van der Waals surface area contributed by atoms with Crippen LogP contribution >= 0.6 is 23.2 Å². The third-order valence-corrected chi connectivity index (χ3v) is 11.8. The lowest BCUT2D eigenvalue weighted by molar-refractivity contribution is -0.180. The van der Waals surface area contributed by atoms with Gasteiger partial charge in [-0.3, -0.25) is 9.10 Å². The second kappa shape index (κ2) is 12.8. The molecule has 1 aliphatic heterocycles. The highest BCUT2D eigenvalue weighted by molar-refractivity contribution is 7.93. The van der Waals surface area contributed by atoms with E-state index in [2.05, 4.69) is 10.2 Å². The SMILES string of the molecule is Cc1nnc(C[C@H]2O[C@H](c3cccc(Cl)c3)[C@@H](c3ccc(Cl)cc3)N([C@@H](CN(c3ccccc3F)S(=O)(=O)C3CC3)C3CC3)C2=O)o1. The number of benzene rings is 3. The number of para-hydroxylation sites is 1. The molecule has 0 N–H and O–H groups in total. The molecule has 4 atom stereocenters. The van der Waals surface area contributed by atoms with Crippen molar-refractivity contribution >= 4 is 44.8 Å². The number of halogens is 3. The summed E-state index contributed by atoms with van der Waals surface area (Å²) >= 11 is 12.8. The lowest BCUT2D eigenvalue weighted by Crippen LogP contribution is -2.59. The van der Waals surface area contributed by atoms with Crippen molar-refractivity contribution in [2.75, 3.05) is 10.8 Å². The summed E-state index contributed by atoms with van der Waals surface area (Å²) in [4.78, 5) is 16.6. The maximum atomic E-state index is 15.4. The maximum absolute atomic E-state index is 15.4. The first-order valence-corrected chi connectivity index (χ1v) is 17.9. The van der Waals surface area contributed by atoms with Crippen molar-refractivity contribution in [3.05, 3.63) is 112 Å². The number of anilines is 1. The molecule has 2 saturated carbocycles. The number of hydrogen-bond acceptors (Lipinski definition) is 7. The van der Waals surface area contributed by atoms with Gasteiger partial charge in [-0.05, 0) is 79.1 Å².